The zero-order valence-electron chi connectivity index (χ0n) is 12.1. The maximum absolute atomic E-state index is 11.4. The summed E-state index contributed by atoms with van der Waals surface area (Å²) in [5.41, 5.74) is 0. The largest absolute Gasteiger partial charge is 0.355 e. The minimum atomic E-state index is -2.84. The molecule has 1 aliphatic rings. The number of sulfone groups is 1. The fourth-order valence-corrected chi connectivity index (χ4v) is 3.84. The van der Waals surface area contributed by atoms with Crippen molar-refractivity contribution in [1.29, 1.82) is 0 Å². The van der Waals surface area contributed by atoms with Gasteiger partial charge < -0.3 is 15.5 Å². The number of hydrogen-bond donors (Lipinski definition) is 2. The molecule has 0 radical (unpaired) electrons. The fourth-order valence-electron chi connectivity index (χ4n) is 2.17. The molecule has 0 saturated carbocycles. The quantitative estimate of drug-likeness (QED) is 0.518. The Kier molecular flexibility index (Phi) is 6.57. The summed E-state index contributed by atoms with van der Waals surface area (Å²) in [5, 5.41) is 6.40. The van der Waals surface area contributed by atoms with Crippen LogP contribution in [0.1, 0.15) is 20.3 Å². The van der Waals surface area contributed by atoms with Crippen LogP contribution in [0.4, 0.5) is 0 Å². The van der Waals surface area contributed by atoms with Gasteiger partial charge in [0.2, 0.25) is 0 Å². The lowest BCUT2D eigenvalue weighted by molar-refractivity contribution is 0.308. The van der Waals surface area contributed by atoms with Crippen molar-refractivity contribution in [2.75, 3.05) is 44.7 Å². The third-order valence-corrected chi connectivity index (χ3v) is 5.18. The van der Waals surface area contributed by atoms with E-state index in [9.17, 15) is 8.42 Å². The Bertz CT molecular complexity index is 391. The molecule has 2 N–H and O–H groups in total. The summed E-state index contributed by atoms with van der Waals surface area (Å²) in [4.78, 5) is 6.45. The van der Waals surface area contributed by atoms with E-state index < -0.39 is 9.84 Å². The molecular weight excluding hydrogens is 264 g/mol. The molecule has 0 aromatic rings. The van der Waals surface area contributed by atoms with Gasteiger partial charge in [-0.25, -0.2) is 8.42 Å². The van der Waals surface area contributed by atoms with E-state index in [0.29, 0.717) is 12.4 Å². The van der Waals surface area contributed by atoms with Crippen LogP contribution in [-0.2, 0) is 9.84 Å². The van der Waals surface area contributed by atoms with Gasteiger partial charge in [-0.1, -0.05) is 13.8 Å². The van der Waals surface area contributed by atoms with Gasteiger partial charge in [0, 0.05) is 26.2 Å². The number of rotatable bonds is 6. The highest BCUT2D eigenvalue weighted by atomic mass is 32.2. The number of aliphatic imine (C=N–C) groups is 1. The fraction of sp³-hybridized carbons (Fsp3) is 0.917. The van der Waals surface area contributed by atoms with Crippen LogP contribution in [0.3, 0.4) is 0 Å². The SMILES string of the molecule is CCN(CC)CCNC(=NC)NC1CCS(=O)(=O)C1. The van der Waals surface area contributed by atoms with Gasteiger partial charge in [0.05, 0.1) is 11.5 Å². The summed E-state index contributed by atoms with van der Waals surface area (Å²) >= 11 is 0. The molecule has 1 aliphatic heterocycles. The number of likely N-dealkylation sites (N-methyl/N-ethyl adjacent to an activating group) is 1. The van der Waals surface area contributed by atoms with Crippen LogP contribution in [0.25, 0.3) is 0 Å². The smallest absolute Gasteiger partial charge is 0.191 e. The van der Waals surface area contributed by atoms with E-state index in [1.165, 1.54) is 0 Å². The maximum atomic E-state index is 11.4. The molecule has 0 aromatic heterocycles. The number of guanidine groups is 1. The van der Waals surface area contributed by atoms with Crippen molar-refractivity contribution in [2.45, 2.75) is 26.3 Å². The van der Waals surface area contributed by atoms with E-state index in [1.54, 1.807) is 7.05 Å². The second kappa shape index (κ2) is 7.69. The van der Waals surface area contributed by atoms with Crippen molar-refractivity contribution in [2.24, 2.45) is 4.99 Å². The summed E-state index contributed by atoms with van der Waals surface area (Å²) in [7, 11) is -1.14. The van der Waals surface area contributed by atoms with Crippen molar-refractivity contribution in [3.8, 4) is 0 Å². The van der Waals surface area contributed by atoms with Crippen LogP contribution in [0.2, 0.25) is 0 Å². The summed E-state index contributed by atoms with van der Waals surface area (Å²) in [5.74, 6) is 1.18. The minimum Gasteiger partial charge on any atom is -0.355 e. The molecule has 1 unspecified atom stereocenters. The van der Waals surface area contributed by atoms with Gasteiger partial charge in [0.1, 0.15) is 0 Å². The Morgan fingerprint density at radius 1 is 1.37 bits per heavy atom. The first-order valence-corrected chi connectivity index (χ1v) is 8.72. The highest BCUT2D eigenvalue weighted by Gasteiger charge is 2.28. The average molecular weight is 290 g/mol. The number of nitrogens with one attached hydrogen (secondary N) is 2. The van der Waals surface area contributed by atoms with E-state index in [2.05, 4.69) is 34.4 Å². The van der Waals surface area contributed by atoms with Crippen LogP contribution >= 0.6 is 0 Å². The Morgan fingerprint density at radius 3 is 2.53 bits per heavy atom. The highest BCUT2D eigenvalue weighted by molar-refractivity contribution is 7.91. The summed E-state index contributed by atoms with van der Waals surface area (Å²) in [6.07, 6.45) is 0.666. The highest BCUT2D eigenvalue weighted by Crippen LogP contribution is 2.10. The van der Waals surface area contributed by atoms with Crippen molar-refractivity contribution < 1.29 is 8.42 Å². The molecule has 6 nitrogen and oxygen atoms in total. The van der Waals surface area contributed by atoms with E-state index >= 15 is 0 Å². The van der Waals surface area contributed by atoms with Crippen LogP contribution in [-0.4, -0.2) is 70.1 Å². The standard InChI is InChI=1S/C12H26N4O2S/c1-4-16(5-2)8-7-14-12(13-3)15-11-6-9-19(17,18)10-11/h11H,4-10H2,1-3H3,(H2,13,14,15). The Labute approximate surface area is 116 Å². The zero-order chi connectivity index (χ0) is 14.3. The van der Waals surface area contributed by atoms with Crippen molar-refractivity contribution >= 4 is 15.8 Å². The van der Waals surface area contributed by atoms with Crippen LogP contribution < -0.4 is 10.6 Å². The van der Waals surface area contributed by atoms with E-state index in [4.69, 9.17) is 0 Å². The number of nitrogens with zero attached hydrogens (tertiary/aromatic N) is 2. The second-order valence-corrected chi connectivity index (χ2v) is 7.00. The molecule has 0 spiro atoms. The molecule has 1 atom stereocenters. The first kappa shape index (κ1) is 16.2. The minimum absolute atomic E-state index is 0.00958. The molecule has 1 fully saturated rings. The Balaban J connectivity index is 2.31. The molecule has 0 aliphatic carbocycles. The van der Waals surface area contributed by atoms with E-state index in [-0.39, 0.29) is 17.5 Å². The molecule has 0 aromatic carbocycles. The van der Waals surface area contributed by atoms with Gasteiger partial charge in [0.15, 0.2) is 15.8 Å². The lowest BCUT2D eigenvalue weighted by Gasteiger charge is -2.20. The molecule has 19 heavy (non-hydrogen) atoms. The predicted octanol–water partition coefficient (Wildman–Crippen LogP) is -0.320. The van der Waals surface area contributed by atoms with Crippen molar-refractivity contribution in [3.05, 3.63) is 0 Å². The van der Waals surface area contributed by atoms with Crippen molar-refractivity contribution in [3.63, 3.8) is 0 Å². The Hall–Kier alpha value is -0.820. The summed E-state index contributed by atoms with van der Waals surface area (Å²) in [6, 6.07) is -0.00958. The molecule has 1 rings (SSSR count). The van der Waals surface area contributed by atoms with E-state index in [0.717, 1.165) is 26.2 Å². The predicted molar refractivity (Wildman–Crippen MR) is 79.3 cm³/mol. The van der Waals surface area contributed by atoms with Gasteiger partial charge in [-0.05, 0) is 19.5 Å². The van der Waals surface area contributed by atoms with Crippen molar-refractivity contribution in [1.82, 2.24) is 15.5 Å². The van der Waals surface area contributed by atoms with Gasteiger partial charge in [-0.15, -0.1) is 0 Å². The van der Waals surface area contributed by atoms with Gasteiger partial charge in [-0.3, -0.25) is 4.99 Å². The topological polar surface area (TPSA) is 73.8 Å². The van der Waals surface area contributed by atoms with Crippen LogP contribution in [0, 0.1) is 0 Å². The van der Waals surface area contributed by atoms with Crippen LogP contribution in [0.15, 0.2) is 4.99 Å². The second-order valence-electron chi connectivity index (χ2n) is 4.77. The normalized spacial score (nSPS) is 22.7. The first-order chi connectivity index (χ1) is 9.00. The monoisotopic (exact) mass is 290 g/mol. The molecular formula is C12H26N4O2S. The van der Waals surface area contributed by atoms with Gasteiger partial charge in [0.25, 0.3) is 0 Å². The molecule has 112 valence electrons. The third-order valence-electron chi connectivity index (χ3n) is 3.41. The molecule has 1 heterocycles. The summed E-state index contributed by atoms with van der Waals surface area (Å²) < 4.78 is 22.8. The molecule has 7 heteroatoms. The average Bonchev–Trinajstić information content (AvgIpc) is 2.72. The van der Waals surface area contributed by atoms with Gasteiger partial charge >= 0.3 is 0 Å². The van der Waals surface area contributed by atoms with E-state index in [1.807, 2.05) is 0 Å². The third kappa shape index (κ3) is 5.78. The summed E-state index contributed by atoms with van der Waals surface area (Å²) in [6.45, 7) is 8.10. The zero-order valence-corrected chi connectivity index (χ0v) is 13.0. The lowest BCUT2D eigenvalue weighted by Crippen LogP contribution is -2.46. The van der Waals surface area contributed by atoms with Gasteiger partial charge in [-0.2, -0.15) is 0 Å². The maximum Gasteiger partial charge on any atom is 0.191 e. The molecule has 0 bridgehead atoms. The number of hydrogen-bond acceptors (Lipinski definition) is 4. The molecule has 0 amide bonds. The first-order valence-electron chi connectivity index (χ1n) is 6.90. The Morgan fingerprint density at radius 2 is 2.05 bits per heavy atom. The lowest BCUT2D eigenvalue weighted by atomic mass is 10.3. The molecule has 1 saturated heterocycles. The van der Waals surface area contributed by atoms with Crippen LogP contribution in [0.5, 0.6) is 0 Å².